The molecule has 0 aromatic rings. The molecule has 3 rings (SSSR count). The van der Waals surface area contributed by atoms with Crippen molar-refractivity contribution in [2.75, 3.05) is 13.1 Å². The zero-order valence-corrected chi connectivity index (χ0v) is 8.86. The van der Waals surface area contributed by atoms with Gasteiger partial charge in [0.05, 0.1) is 0 Å². The van der Waals surface area contributed by atoms with Crippen molar-refractivity contribution < 1.29 is 0 Å². The summed E-state index contributed by atoms with van der Waals surface area (Å²) in [5.41, 5.74) is 11.8. The molecule has 3 aliphatic rings. The Morgan fingerprint density at radius 3 is 2.43 bits per heavy atom. The van der Waals surface area contributed by atoms with Gasteiger partial charge >= 0.3 is 0 Å². The summed E-state index contributed by atoms with van der Waals surface area (Å²) in [5.74, 6) is 5.56. The van der Waals surface area contributed by atoms with Gasteiger partial charge in [-0.05, 0) is 74.3 Å². The summed E-state index contributed by atoms with van der Waals surface area (Å²) in [6.07, 6.45) is 5.90. The zero-order chi connectivity index (χ0) is 9.71. The van der Waals surface area contributed by atoms with Crippen LogP contribution in [-0.2, 0) is 0 Å². The van der Waals surface area contributed by atoms with E-state index in [1.165, 1.54) is 25.7 Å². The number of hydrogen-bond donors (Lipinski definition) is 2. The molecule has 0 unspecified atom stereocenters. The van der Waals surface area contributed by atoms with Crippen molar-refractivity contribution in [3.63, 3.8) is 0 Å². The molecular formula is C12H22N2. The van der Waals surface area contributed by atoms with E-state index in [1.807, 2.05) is 0 Å². The fourth-order valence-corrected chi connectivity index (χ4v) is 4.93. The molecule has 0 aliphatic heterocycles. The molecule has 80 valence electrons. The van der Waals surface area contributed by atoms with Gasteiger partial charge in [0.15, 0.2) is 0 Å². The maximum atomic E-state index is 5.93. The molecular weight excluding hydrogens is 172 g/mol. The summed E-state index contributed by atoms with van der Waals surface area (Å²) < 4.78 is 0. The van der Waals surface area contributed by atoms with Gasteiger partial charge in [0.1, 0.15) is 0 Å². The Morgan fingerprint density at radius 2 is 1.71 bits per heavy atom. The molecule has 3 fully saturated rings. The zero-order valence-electron chi connectivity index (χ0n) is 8.86. The van der Waals surface area contributed by atoms with E-state index in [-0.39, 0.29) is 0 Å². The van der Waals surface area contributed by atoms with E-state index in [1.54, 1.807) is 0 Å². The highest BCUT2D eigenvalue weighted by Crippen LogP contribution is 2.61. The Hall–Kier alpha value is -0.0800. The lowest BCUT2D eigenvalue weighted by molar-refractivity contribution is 0.206. The fourth-order valence-electron chi connectivity index (χ4n) is 4.93. The lowest BCUT2D eigenvalue weighted by atomic mass is 9.77. The van der Waals surface area contributed by atoms with Crippen molar-refractivity contribution in [2.24, 2.45) is 47.0 Å². The lowest BCUT2D eigenvalue weighted by Gasteiger charge is -2.29. The summed E-state index contributed by atoms with van der Waals surface area (Å²) in [6, 6.07) is 0. The van der Waals surface area contributed by atoms with E-state index >= 15 is 0 Å². The van der Waals surface area contributed by atoms with Gasteiger partial charge < -0.3 is 11.5 Å². The maximum Gasteiger partial charge on any atom is -0.00429 e. The van der Waals surface area contributed by atoms with Crippen LogP contribution in [0.4, 0.5) is 0 Å². The molecule has 0 spiro atoms. The third kappa shape index (κ3) is 1.04. The van der Waals surface area contributed by atoms with Gasteiger partial charge in [-0.15, -0.1) is 0 Å². The summed E-state index contributed by atoms with van der Waals surface area (Å²) in [4.78, 5) is 0. The van der Waals surface area contributed by atoms with Crippen LogP contribution >= 0.6 is 0 Å². The van der Waals surface area contributed by atoms with Gasteiger partial charge in [0, 0.05) is 0 Å². The van der Waals surface area contributed by atoms with Crippen LogP contribution in [0.25, 0.3) is 0 Å². The second-order valence-corrected chi connectivity index (χ2v) is 5.71. The van der Waals surface area contributed by atoms with Gasteiger partial charge in [0.2, 0.25) is 0 Å². The first-order chi connectivity index (χ1) is 6.85. The maximum absolute atomic E-state index is 5.93. The summed E-state index contributed by atoms with van der Waals surface area (Å²) in [5, 5.41) is 0. The standard InChI is InChI=1S/C12H22N2/c13-5-9-4-10-7-1-2-8(3-7)12(10)11(9)6-14/h7-12H,1-6,13-14H2/t7-,8+,9-,10-,11-,12+/m1/s1. The van der Waals surface area contributed by atoms with Gasteiger partial charge in [0.25, 0.3) is 0 Å². The average molecular weight is 194 g/mol. The van der Waals surface area contributed by atoms with Crippen molar-refractivity contribution in [1.82, 2.24) is 0 Å². The molecule has 0 amide bonds. The van der Waals surface area contributed by atoms with Crippen molar-refractivity contribution in [3.05, 3.63) is 0 Å². The fraction of sp³-hybridized carbons (Fsp3) is 1.00. The molecule has 14 heavy (non-hydrogen) atoms. The van der Waals surface area contributed by atoms with Crippen LogP contribution in [0.15, 0.2) is 0 Å². The second kappa shape index (κ2) is 3.21. The van der Waals surface area contributed by atoms with E-state index in [4.69, 9.17) is 11.5 Å². The second-order valence-electron chi connectivity index (χ2n) is 5.71. The Morgan fingerprint density at radius 1 is 0.929 bits per heavy atom. The van der Waals surface area contributed by atoms with Crippen LogP contribution in [0.2, 0.25) is 0 Å². The Bertz CT molecular complexity index is 228. The van der Waals surface area contributed by atoms with E-state index in [0.29, 0.717) is 0 Å². The van der Waals surface area contributed by atoms with E-state index < -0.39 is 0 Å². The summed E-state index contributed by atoms with van der Waals surface area (Å²) in [6.45, 7) is 1.75. The first-order valence-electron chi connectivity index (χ1n) is 6.25. The Labute approximate surface area is 86.4 Å². The Kier molecular flexibility index (Phi) is 2.10. The number of rotatable bonds is 2. The molecule has 6 atom stereocenters. The van der Waals surface area contributed by atoms with E-state index in [2.05, 4.69) is 0 Å². The molecule has 0 heterocycles. The monoisotopic (exact) mass is 194 g/mol. The highest BCUT2D eigenvalue weighted by atomic mass is 14.7. The van der Waals surface area contributed by atoms with Crippen molar-refractivity contribution in [2.45, 2.75) is 25.7 Å². The van der Waals surface area contributed by atoms with Crippen LogP contribution in [0.1, 0.15) is 25.7 Å². The highest BCUT2D eigenvalue weighted by molar-refractivity contribution is 5.05. The number of fused-ring (bicyclic) bond motifs is 5. The predicted octanol–water partition coefficient (Wildman–Crippen LogP) is 1.20. The first kappa shape index (κ1) is 9.17. The lowest BCUT2D eigenvalue weighted by Crippen LogP contribution is -2.31. The van der Waals surface area contributed by atoms with Crippen molar-refractivity contribution >= 4 is 0 Å². The average Bonchev–Trinajstić information content (AvgIpc) is 2.87. The molecule has 2 heteroatoms. The number of nitrogens with two attached hydrogens (primary N) is 2. The van der Waals surface area contributed by atoms with Gasteiger partial charge in [-0.2, -0.15) is 0 Å². The highest BCUT2D eigenvalue weighted by Gasteiger charge is 2.55. The Balaban J connectivity index is 1.84. The smallest absolute Gasteiger partial charge is 0.00429 e. The largest absolute Gasteiger partial charge is 0.330 e. The molecule has 3 saturated carbocycles. The predicted molar refractivity (Wildman–Crippen MR) is 57.5 cm³/mol. The normalized spacial score (nSPS) is 55.3. The van der Waals surface area contributed by atoms with Crippen LogP contribution in [0, 0.1) is 35.5 Å². The molecule has 2 nitrogen and oxygen atoms in total. The topological polar surface area (TPSA) is 52.0 Å². The van der Waals surface area contributed by atoms with Crippen LogP contribution in [-0.4, -0.2) is 13.1 Å². The van der Waals surface area contributed by atoms with Crippen molar-refractivity contribution in [3.8, 4) is 0 Å². The summed E-state index contributed by atoms with van der Waals surface area (Å²) in [7, 11) is 0. The summed E-state index contributed by atoms with van der Waals surface area (Å²) >= 11 is 0. The van der Waals surface area contributed by atoms with Crippen molar-refractivity contribution in [1.29, 1.82) is 0 Å². The minimum atomic E-state index is 0.749. The molecule has 0 saturated heterocycles. The quantitative estimate of drug-likeness (QED) is 0.694. The minimum absolute atomic E-state index is 0.749. The minimum Gasteiger partial charge on any atom is -0.330 e. The third-order valence-electron chi connectivity index (χ3n) is 5.41. The van der Waals surface area contributed by atoms with Gasteiger partial charge in [-0.3, -0.25) is 0 Å². The molecule has 4 N–H and O–H groups in total. The van der Waals surface area contributed by atoms with Crippen LogP contribution < -0.4 is 11.5 Å². The van der Waals surface area contributed by atoms with E-state index in [0.717, 1.165) is 48.6 Å². The molecule has 3 aliphatic carbocycles. The first-order valence-corrected chi connectivity index (χ1v) is 6.25. The van der Waals surface area contributed by atoms with Crippen LogP contribution in [0.5, 0.6) is 0 Å². The molecule has 0 radical (unpaired) electrons. The number of hydrogen-bond acceptors (Lipinski definition) is 2. The molecule has 2 bridgehead atoms. The van der Waals surface area contributed by atoms with Gasteiger partial charge in [-0.1, -0.05) is 0 Å². The third-order valence-corrected chi connectivity index (χ3v) is 5.41. The van der Waals surface area contributed by atoms with Gasteiger partial charge in [-0.25, -0.2) is 0 Å². The molecule has 0 aromatic carbocycles. The SMILES string of the molecule is NC[C@H]1C[C@@H]2[C@@H]3CC[C@@H](C3)[C@@H]2[C@@H]1CN. The van der Waals surface area contributed by atoms with Crippen LogP contribution in [0.3, 0.4) is 0 Å². The molecule has 0 aromatic heterocycles. The van der Waals surface area contributed by atoms with E-state index in [9.17, 15) is 0 Å².